The molecule has 0 atom stereocenters. The van der Waals surface area contributed by atoms with Gasteiger partial charge >= 0.3 is 5.92 Å². The van der Waals surface area contributed by atoms with E-state index in [1.807, 2.05) is 0 Å². The van der Waals surface area contributed by atoms with Gasteiger partial charge in [0.1, 0.15) is 0 Å². The van der Waals surface area contributed by atoms with E-state index < -0.39 is 105 Å². The van der Waals surface area contributed by atoms with Gasteiger partial charge in [0.05, 0.1) is 0 Å². The van der Waals surface area contributed by atoms with Crippen molar-refractivity contribution in [3.63, 3.8) is 0 Å². The predicted octanol–water partition coefficient (Wildman–Crippen LogP) is 6.12. The van der Waals surface area contributed by atoms with Crippen LogP contribution in [0, 0.1) is 58.2 Å². The number of halogens is 14. The van der Waals surface area contributed by atoms with Crippen molar-refractivity contribution in [1.82, 2.24) is 0 Å². The fraction of sp³-hybridized carbons (Fsp3) is 0.0556. The molecule has 3 rings (SSSR count). The average Bonchev–Trinajstić information content (AvgIpc) is 2.82. The summed E-state index contributed by atoms with van der Waals surface area (Å²) in [6, 6.07) is 0. The van der Waals surface area contributed by atoms with E-state index in [0.29, 0.717) is 0 Å². The van der Waals surface area contributed by atoms with E-state index in [-0.39, 0.29) is 0 Å². The topological polar surface area (TPSA) is 35.5 Å². The van der Waals surface area contributed by atoms with Crippen LogP contribution in [0.3, 0.4) is 0 Å². The van der Waals surface area contributed by atoms with Crippen LogP contribution in [0.25, 0.3) is 0 Å². The second kappa shape index (κ2) is 8.46. The second-order valence-corrected chi connectivity index (χ2v) is 6.19. The van der Waals surface area contributed by atoms with Crippen LogP contribution in [-0.2, 0) is 4.79 Å². The van der Waals surface area contributed by atoms with Gasteiger partial charge in [-0.05, 0) is 0 Å². The standard InChI is InChI=1S/C18F14O3/c19-1-3(21)7(25)13(8(26)4(1)22)34-15-12(33)11(29)17(18(31,32)16(15)30)35-14-9(27)5(23)2(20)6(24)10(14)28. The third-order valence-electron chi connectivity index (χ3n) is 4.11. The molecule has 2 aromatic carbocycles. The summed E-state index contributed by atoms with van der Waals surface area (Å²) in [5.41, 5.74) is 0. The molecule has 17 heteroatoms. The van der Waals surface area contributed by atoms with Crippen molar-refractivity contribution in [3.05, 3.63) is 81.3 Å². The van der Waals surface area contributed by atoms with Gasteiger partial charge in [-0.25, -0.2) is 30.7 Å². The monoisotopic (exact) mass is 530 g/mol. The summed E-state index contributed by atoms with van der Waals surface area (Å²) < 4.78 is 198. The van der Waals surface area contributed by atoms with Crippen LogP contribution in [0.4, 0.5) is 61.5 Å². The minimum Gasteiger partial charge on any atom is -0.445 e. The highest BCUT2D eigenvalue weighted by Crippen LogP contribution is 2.45. The summed E-state index contributed by atoms with van der Waals surface area (Å²) in [7, 11) is 0. The number of ether oxygens (including phenoxy) is 2. The molecule has 0 unspecified atom stereocenters. The SMILES string of the molecule is O=C1C(F)=C(Oc2c(F)c(F)c(F)c(F)c2F)C(F)(F)C(F)=C1Oc1c(F)c(F)c(F)c(F)c1F. The van der Waals surface area contributed by atoms with Gasteiger partial charge in [0.2, 0.25) is 92.8 Å². The van der Waals surface area contributed by atoms with Crippen molar-refractivity contribution in [2.45, 2.75) is 5.92 Å². The largest absolute Gasteiger partial charge is 0.445 e. The highest BCUT2D eigenvalue weighted by Gasteiger charge is 2.55. The summed E-state index contributed by atoms with van der Waals surface area (Å²) >= 11 is 0. The Bertz CT molecular complexity index is 1300. The molecule has 0 saturated carbocycles. The Morgan fingerprint density at radius 2 is 0.800 bits per heavy atom. The number of allylic oxidation sites excluding steroid dienone is 2. The molecule has 35 heavy (non-hydrogen) atoms. The van der Waals surface area contributed by atoms with Crippen molar-refractivity contribution in [2.75, 3.05) is 0 Å². The zero-order valence-corrected chi connectivity index (χ0v) is 15.5. The maximum Gasteiger partial charge on any atom is 0.362 e. The number of hydrogen-bond acceptors (Lipinski definition) is 3. The summed E-state index contributed by atoms with van der Waals surface area (Å²) in [5, 5.41) is 0. The quantitative estimate of drug-likeness (QED) is 0.272. The third kappa shape index (κ3) is 3.74. The first-order chi connectivity index (χ1) is 16.0. The molecule has 1 aliphatic carbocycles. The van der Waals surface area contributed by atoms with E-state index in [1.165, 1.54) is 0 Å². The Morgan fingerprint density at radius 1 is 0.486 bits per heavy atom. The molecular formula is C18F14O3. The number of carbonyl (C=O) groups is 1. The molecule has 0 amide bonds. The number of benzene rings is 2. The first-order valence-corrected chi connectivity index (χ1v) is 8.17. The number of carbonyl (C=O) groups excluding carboxylic acids is 1. The van der Waals surface area contributed by atoms with Crippen molar-refractivity contribution >= 4 is 5.78 Å². The van der Waals surface area contributed by atoms with E-state index in [0.717, 1.165) is 0 Å². The van der Waals surface area contributed by atoms with Crippen molar-refractivity contribution in [1.29, 1.82) is 0 Å². The van der Waals surface area contributed by atoms with E-state index in [4.69, 9.17) is 0 Å². The normalized spacial score (nSPS) is 15.8. The van der Waals surface area contributed by atoms with Crippen LogP contribution in [-0.4, -0.2) is 11.7 Å². The average molecular weight is 530 g/mol. The molecule has 0 heterocycles. The van der Waals surface area contributed by atoms with Crippen molar-refractivity contribution in [2.24, 2.45) is 0 Å². The molecule has 0 bridgehead atoms. The van der Waals surface area contributed by atoms with Gasteiger partial charge in [0, 0.05) is 0 Å². The first kappa shape index (κ1) is 25.8. The zero-order chi connectivity index (χ0) is 26.7. The maximum atomic E-state index is 14.3. The zero-order valence-electron chi connectivity index (χ0n) is 15.5. The molecular weight excluding hydrogens is 530 g/mol. The highest BCUT2D eigenvalue weighted by molar-refractivity contribution is 6.07. The molecule has 0 fully saturated rings. The van der Waals surface area contributed by atoms with Crippen LogP contribution in [0.1, 0.15) is 0 Å². The molecule has 0 radical (unpaired) electrons. The fourth-order valence-electron chi connectivity index (χ4n) is 2.44. The predicted molar refractivity (Wildman–Crippen MR) is 79.9 cm³/mol. The minimum atomic E-state index is -5.72. The van der Waals surface area contributed by atoms with E-state index in [9.17, 15) is 66.3 Å². The first-order valence-electron chi connectivity index (χ1n) is 8.17. The van der Waals surface area contributed by atoms with Gasteiger partial charge in [-0.15, -0.1) is 0 Å². The van der Waals surface area contributed by atoms with E-state index in [1.54, 1.807) is 0 Å². The smallest absolute Gasteiger partial charge is 0.362 e. The molecule has 2 aromatic rings. The highest BCUT2D eigenvalue weighted by atomic mass is 19.3. The Morgan fingerprint density at radius 3 is 1.17 bits per heavy atom. The molecule has 0 spiro atoms. The summed E-state index contributed by atoms with van der Waals surface area (Å²) in [5.74, 6) is -54.2. The number of alkyl halides is 2. The number of hydrogen-bond donors (Lipinski definition) is 0. The summed E-state index contributed by atoms with van der Waals surface area (Å²) in [6.45, 7) is 0. The Hall–Kier alpha value is -3.79. The van der Waals surface area contributed by atoms with Gasteiger partial charge in [-0.3, -0.25) is 4.79 Å². The number of ketones is 1. The molecule has 0 N–H and O–H groups in total. The lowest BCUT2D eigenvalue weighted by Crippen LogP contribution is -2.35. The Kier molecular flexibility index (Phi) is 6.24. The lowest BCUT2D eigenvalue weighted by Gasteiger charge is -2.25. The lowest BCUT2D eigenvalue weighted by molar-refractivity contribution is -0.118. The van der Waals surface area contributed by atoms with E-state index >= 15 is 0 Å². The van der Waals surface area contributed by atoms with Crippen LogP contribution in [0.5, 0.6) is 11.5 Å². The second-order valence-electron chi connectivity index (χ2n) is 6.19. The molecule has 3 nitrogen and oxygen atoms in total. The van der Waals surface area contributed by atoms with Crippen molar-refractivity contribution < 1.29 is 75.7 Å². The Labute approximate surface area is 181 Å². The molecule has 1 aliphatic rings. The summed E-state index contributed by atoms with van der Waals surface area (Å²) in [6.07, 6.45) is 0. The van der Waals surface area contributed by atoms with E-state index in [2.05, 4.69) is 9.47 Å². The van der Waals surface area contributed by atoms with Gasteiger partial charge in [0.15, 0.2) is 0 Å². The third-order valence-corrected chi connectivity index (χ3v) is 4.11. The van der Waals surface area contributed by atoms with Crippen LogP contribution >= 0.6 is 0 Å². The van der Waals surface area contributed by atoms with Crippen LogP contribution in [0.15, 0.2) is 23.2 Å². The number of rotatable bonds is 4. The molecule has 188 valence electrons. The van der Waals surface area contributed by atoms with Crippen LogP contribution < -0.4 is 9.47 Å². The van der Waals surface area contributed by atoms with Crippen molar-refractivity contribution in [3.8, 4) is 11.5 Å². The van der Waals surface area contributed by atoms with Crippen LogP contribution in [0.2, 0.25) is 0 Å². The fourth-order valence-corrected chi connectivity index (χ4v) is 2.44. The molecule has 0 aliphatic heterocycles. The lowest BCUT2D eigenvalue weighted by atomic mass is 10.0. The summed E-state index contributed by atoms with van der Waals surface area (Å²) in [4.78, 5) is 11.9. The molecule has 0 saturated heterocycles. The van der Waals surface area contributed by atoms with Gasteiger partial charge in [-0.2, -0.15) is 30.7 Å². The minimum absolute atomic E-state index is 2.53. The van der Waals surface area contributed by atoms with Gasteiger partial charge in [-0.1, -0.05) is 0 Å². The Balaban J connectivity index is 2.14. The maximum absolute atomic E-state index is 14.3. The molecule has 0 aromatic heterocycles. The number of Topliss-reactive ketones (excluding diaryl/α,β-unsaturated/α-hetero) is 1. The van der Waals surface area contributed by atoms with Gasteiger partial charge < -0.3 is 9.47 Å². The van der Waals surface area contributed by atoms with Gasteiger partial charge in [0.25, 0.3) is 5.78 Å².